The van der Waals surface area contributed by atoms with E-state index in [2.05, 4.69) is 14.9 Å². The summed E-state index contributed by atoms with van der Waals surface area (Å²) in [6.45, 7) is 3.84. The van der Waals surface area contributed by atoms with Gasteiger partial charge < -0.3 is 4.90 Å². The molecule has 0 unspecified atom stereocenters. The maximum Gasteiger partial charge on any atom is 0.135 e. The van der Waals surface area contributed by atoms with Crippen LogP contribution in [0.3, 0.4) is 0 Å². The summed E-state index contributed by atoms with van der Waals surface area (Å²) in [4.78, 5) is 4.85. The molecule has 0 N–H and O–H groups in total. The third kappa shape index (κ3) is 4.19. The van der Waals surface area contributed by atoms with Crippen molar-refractivity contribution >= 4 is 5.69 Å². The molecule has 2 fully saturated rings. The van der Waals surface area contributed by atoms with E-state index in [1.165, 1.54) is 24.3 Å². The van der Waals surface area contributed by atoms with Gasteiger partial charge in [-0.25, -0.2) is 13.2 Å². The van der Waals surface area contributed by atoms with Gasteiger partial charge in [-0.05, 0) is 61.7 Å². The van der Waals surface area contributed by atoms with Crippen molar-refractivity contribution in [2.45, 2.75) is 31.3 Å². The lowest BCUT2D eigenvalue weighted by Gasteiger charge is -2.39. The van der Waals surface area contributed by atoms with E-state index < -0.39 is 11.6 Å². The third-order valence-electron chi connectivity index (χ3n) is 6.59. The first kappa shape index (κ1) is 20.1. The fraction of sp³-hybridized carbons (Fsp3) is 0.375. The van der Waals surface area contributed by atoms with Gasteiger partial charge in [0, 0.05) is 55.7 Å². The highest BCUT2D eigenvalue weighted by molar-refractivity contribution is 5.59. The van der Waals surface area contributed by atoms with Gasteiger partial charge in [-0.2, -0.15) is 5.10 Å². The van der Waals surface area contributed by atoms with E-state index in [-0.39, 0.29) is 11.9 Å². The van der Waals surface area contributed by atoms with Crippen LogP contribution in [0.5, 0.6) is 0 Å². The Kier molecular flexibility index (Phi) is 5.44. The number of halogens is 3. The quantitative estimate of drug-likeness (QED) is 0.594. The summed E-state index contributed by atoms with van der Waals surface area (Å²) < 4.78 is 42.4. The van der Waals surface area contributed by atoms with Crippen LogP contribution in [0.1, 0.15) is 25.3 Å². The van der Waals surface area contributed by atoms with E-state index in [1.54, 1.807) is 6.07 Å². The van der Waals surface area contributed by atoms with Crippen molar-refractivity contribution < 1.29 is 13.2 Å². The van der Waals surface area contributed by atoms with E-state index in [0.717, 1.165) is 57.2 Å². The number of nitrogens with zero attached hydrogens (tertiary/aromatic N) is 4. The van der Waals surface area contributed by atoms with Crippen LogP contribution < -0.4 is 4.90 Å². The maximum absolute atomic E-state index is 14.1. The summed E-state index contributed by atoms with van der Waals surface area (Å²) in [6.07, 6.45) is 5.07. The van der Waals surface area contributed by atoms with Gasteiger partial charge in [-0.3, -0.25) is 9.58 Å². The second-order valence-corrected chi connectivity index (χ2v) is 8.43. The Morgan fingerprint density at radius 3 is 2.23 bits per heavy atom. The Morgan fingerprint density at radius 1 is 0.774 bits per heavy atom. The highest BCUT2D eigenvalue weighted by Crippen LogP contribution is 2.34. The zero-order chi connectivity index (χ0) is 21.4. The van der Waals surface area contributed by atoms with E-state index >= 15 is 0 Å². The van der Waals surface area contributed by atoms with E-state index in [1.807, 2.05) is 23.0 Å². The predicted molar refractivity (Wildman–Crippen MR) is 114 cm³/mol. The van der Waals surface area contributed by atoms with Gasteiger partial charge >= 0.3 is 0 Å². The average molecular weight is 426 g/mol. The Labute approximate surface area is 179 Å². The lowest BCUT2D eigenvalue weighted by atomic mass is 10.1. The fourth-order valence-corrected chi connectivity index (χ4v) is 4.89. The molecule has 1 aliphatic carbocycles. The molecule has 1 aromatic heterocycles. The molecule has 0 bridgehead atoms. The monoisotopic (exact) mass is 426 g/mol. The van der Waals surface area contributed by atoms with Gasteiger partial charge in [0.25, 0.3) is 0 Å². The summed E-state index contributed by atoms with van der Waals surface area (Å²) in [7, 11) is 0. The number of hydrogen-bond donors (Lipinski definition) is 0. The van der Waals surface area contributed by atoms with Crippen LogP contribution in [0.15, 0.2) is 54.7 Å². The van der Waals surface area contributed by atoms with Gasteiger partial charge in [-0.15, -0.1) is 0 Å². The van der Waals surface area contributed by atoms with Crippen molar-refractivity contribution in [1.82, 2.24) is 14.7 Å². The molecule has 5 rings (SSSR count). The fourth-order valence-electron chi connectivity index (χ4n) is 4.89. The highest BCUT2D eigenvalue weighted by Gasteiger charge is 2.32. The van der Waals surface area contributed by atoms with Crippen LogP contribution in [-0.4, -0.2) is 46.9 Å². The number of aromatic nitrogens is 2. The lowest BCUT2D eigenvalue weighted by molar-refractivity contribution is 0.183. The molecule has 0 spiro atoms. The Hall–Kier alpha value is -2.80. The molecule has 7 heteroatoms. The van der Waals surface area contributed by atoms with Gasteiger partial charge in [0.2, 0.25) is 0 Å². The molecule has 162 valence electrons. The smallest absolute Gasteiger partial charge is 0.135 e. The SMILES string of the molecule is Fc1ccc(N2CCN([C@H]3CC[C@H](n4ccc(-c5ccc(F)cc5F)n4)C3)CC2)cc1. The molecule has 1 aliphatic heterocycles. The van der Waals surface area contributed by atoms with Gasteiger partial charge in [0.05, 0.1) is 11.7 Å². The second-order valence-electron chi connectivity index (χ2n) is 8.43. The summed E-state index contributed by atoms with van der Waals surface area (Å²) in [5.41, 5.74) is 1.93. The lowest BCUT2D eigenvalue weighted by Crippen LogP contribution is -2.49. The van der Waals surface area contributed by atoms with Crippen LogP contribution in [-0.2, 0) is 0 Å². The molecule has 2 aromatic carbocycles. The number of rotatable bonds is 4. The molecule has 31 heavy (non-hydrogen) atoms. The Morgan fingerprint density at radius 2 is 1.48 bits per heavy atom. The second kappa shape index (κ2) is 8.38. The van der Waals surface area contributed by atoms with Gasteiger partial charge in [0.15, 0.2) is 0 Å². The minimum absolute atomic E-state index is 0.205. The summed E-state index contributed by atoms with van der Waals surface area (Å²) in [5.74, 6) is -1.38. The first-order valence-electron chi connectivity index (χ1n) is 10.8. The molecular formula is C24H25F3N4. The minimum atomic E-state index is -0.589. The predicted octanol–water partition coefficient (Wildman–Crippen LogP) is 4.88. The number of benzene rings is 2. The summed E-state index contributed by atoms with van der Waals surface area (Å²) in [5, 5.41) is 4.59. The maximum atomic E-state index is 14.1. The zero-order valence-corrected chi connectivity index (χ0v) is 17.2. The Balaban J connectivity index is 1.19. The molecule has 0 amide bonds. The van der Waals surface area contributed by atoms with Crippen LogP contribution in [0.25, 0.3) is 11.3 Å². The van der Waals surface area contributed by atoms with Crippen molar-refractivity contribution in [3.63, 3.8) is 0 Å². The summed E-state index contributed by atoms with van der Waals surface area (Å²) >= 11 is 0. The first-order valence-corrected chi connectivity index (χ1v) is 10.8. The standard InChI is InChI=1S/C24H25F3N4/c25-17-1-4-19(5-2-17)29-11-13-30(14-12-29)20-6-7-21(16-20)31-10-9-24(28-31)22-8-3-18(26)15-23(22)27/h1-5,8-10,15,20-21H,6-7,11-14,16H2/t20-,21-/m0/s1. The molecule has 2 atom stereocenters. The van der Waals surface area contributed by atoms with Crippen molar-refractivity contribution in [3.8, 4) is 11.3 Å². The van der Waals surface area contributed by atoms with Crippen LogP contribution >= 0.6 is 0 Å². The minimum Gasteiger partial charge on any atom is -0.369 e. The molecule has 1 saturated heterocycles. The van der Waals surface area contributed by atoms with E-state index in [9.17, 15) is 13.2 Å². The van der Waals surface area contributed by atoms with Gasteiger partial charge in [0.1, 0.15) is 17.5 Å². The molecule has 2 aliphatic rings. The van der Waals surface area contributed by atoms with Crippen LogP contribution in [0, 0.1) is 17.5 Å². The van der Waals surface area contributed by atoms with Gasteiger partial charge in [-0.1, -0.05) is 0 Å². The molecule has 0 radical (unpaired) electrons. The highest BCUT2D eigenvalue weighted by atomic mass is 19.1. The zero-order valence-electron chi connectivity index (χ0n) is 17.2. The molecule has 2 heterocycles. The average Bonchev–Trinajstić information content (AvgIpc) is 3.44. The van der Waals surface area contributed by atoms with Crippen molar-refractivity contribution in [1.29, 1.82) is 0 Å². The number of hydrogen-bond acceptors (Lipinski definition) is 3. The normalized spacial score (nSPS) is 22.2. The Bertz CT molecular complexity index is 1040. The molecule has 1 saturated carbocycles. The molecule has 3 aromatic rings. The largest absolute Gasteiger partial charge is 0.369 e. The number of anilines is 1. The topological polar surface area (TPSA) is 24.3 Å². The van der Waals surface area contributed by atoms with Crippen LogP contribution in [0.4, 0.5) is 18.9 Å². The van der Waals surface area contributed by atoms with E-state index in [4.69, 9.17) is 0 Å². The van der Waals surface area contributed by atoms with E-state index in [0.29, 0.717) is 17.3 Å². The summed E-state index contributed by atoms with van der Waals surface area (Å²) in [6, 6.07) is 12.9. The first-order chi connectivity index (χ1) is 15.1. The third-order valence-corrected chi connectivity index (χ3v) is 6.59. The molecular weight excluding hydrogens is 401 g/mol. The van der Waals surface area contributed by atoms with Crippen molar-refractivity contribution in [2.75, 3.05) is 31.1 Å². The van der Waals surface area contributed by atoms with Crippen LogP contribution in [0.2, 0.25) is 0 Å². The molecule has 4 nitrogen and oxygen atoms in total. The van der Waals surface area contributed by atoms with Crippen molar-refractivity contribution in [3.05, 3.63) is 72.2 Å². The number of piperazine rings is 1. The van der Waals surface area contributed by atoms with Crippen molar-refractivity contribution in [2.24, 2.45) is 0 Å².